The Labute approximate surface area is 146 Å². The second kappa shape index (κ2) is 8.44. The Bertz CT molecular complexity index is 603. The van der Waals surface area contributed by atoms with Crippen molar-refractivity contribution in [2.45, 2.75) is 32.7 Å². The molecule has 24 heavy (non-hydrogen) atoms. The minimum Gasteiger partial charge on any atom is -0.466 e. The molecule has 0 saturated carbocycles. The minimum absolute atomic E-state index is 0.0736. The molecule has 1 atom stereocenters. The molecule has 2 rings (SSSR count). The van der Waals surface area contributed by atoms with Crippen LogP contribution < -0.4 is 10.2 Å². The van der Waals surface area contributed by atoms with Crippen LogP contribution in [-0.4, -0.2) is 37.6 Å². The number of ether oxygens (including phenoxy) is 1. The van der Waals surface area contributed by atoms with Crippen LogP contribution in [0.4, 0.5) is 10.1 Å². The van der Waals surface area contributed by atoms with Crippen LogP contribution in [0.5, 0.6) is 0 Å². The molecule has 0 spiro atoms. The Balaban J connectivity index is 1.89. The van der Waals surface area contributed by atoms with Crippen LogP contribution in [0.15, 0.2) is 18.2 Å². The third-order valence-corrected chi connectivity index (χ3v) is 4.76. The highest BCUT2D eigenvalue weighted by Crippen LogP contribution is 2.22. The van der Waals surface area contributed by atoms with Crippen LogP contribution in [0, 0.1) is 11.7 Å². The van der Waals surface area contributed by atoms with E-state index in [1.807, 2.05) is 6.92 Å². The zero-order valence-corrected chi connectivity index (χ0v) is 14.7. The van der Waals surface area contributed by atoms with Gasteiger partial charge >= 0.3 is 5.97 Å². The van der Waals surface area contributed by atoms with Crippen molar-refractivity contribution < 1.29 is 23.6 Å². The average Bonchev–Trinajstić information content (AvgIpc) is 2.57. The van der Waals surface area contributed by atoms with Crippen LogP contribution in [-0.2, 0) is 14.3 Å². The number of esters is 1. The molecule has 7 heteroatoms. The third kappa shape index (κ3) is 4.68. The van der Waals surface area contributed by atoms with Gasteiger partial charge in [0.1, 0.15) is 5.82 Å². The lowest BCUT2D eigenvalue weighted by Crippen LogP contribution is -3.17. The molecule has 0 aliphatic carbocycles. The third-order valence-electron chi connectivity index (χ3n) is 4.44. The summed E-state index contributed by atoms with van der Waals surface area (Å²) in [6, 6.07) is 3.59. The molecule has 0 aromatic heterocycles. The number of amides is 1. The van der Waals surface area contributed by atoms with Crippen molar-refractivity contribution in [3.8, 4) is 0 Å². The van der Waals surface area contributed by atoms with Crippen LogP contribution >= 0.6 is 11.6 Å². The topological polar surface area (TPSA) is 59.8 Å². The molecule has 0 unspecified atom stereocenters. The van der Waals surface area contributed by atoms with Gasteiger partial charge in [-0.15, -0.1) is 0 Å². The largest absolute Gasteiger partial charge is 0.466 e. The smallest absolute Gasteiger partial charge is 0.309 e. The Kier molecular flexibility index (Phi) is 6.57. The Morgan fingerprint density at radius 1 is 1.42 bits per heavy atom. The van der Waals surface area contributed by atoms with Gasteiger partial charge in [0.25, 0.3) is 5.91 Å². The predicted octanol–water partition coefficient (Wildman–Crippen LogP) is 1.66. The van der Waals surface area contributed by atoms with E-state index in [1.165, 1.54) is 18.2 Å². The van der Waals surface area contributed by atoms with E-state index in [-0.39, 0.29) is 28.9 Å². The van der Waals surface area contributed by atoms with Gasteiger partial charge in [0.05, 0.1) is 36.3 Å². The summed E-state index contributed by atoms with van der Waals surface area (Å²) in [4.78, 5) is 25.3. The summed E-state index contributed by atoms with van der Waals surface area (Å²) in [7, 11) is 0. The average molecular weight is 358 g/mol. The fourth-order valence-corrected chi connectivity index (χ4v) is 3.15. The van der Waals surface area contributed by atoms with Gasteiger partial charge in [-0.05, 0) is 32.0 Å². The van der Waals surface area contributed by atoms with Crippen LogP contribution in [0.1, 0.15) is 26.7 Å². The van der Waals surface area contributed by atoms with Crippen LogP contribution in [0.25, 0.3) is 0 Å². The van der Waals surface area contributed by atoms with Gasteiger partial charge in [-0.3, -0.25) is 9.59 Å². The van der Waals surface area contributed by atoms with Crippen molar-refractivity contribution >= 4 is 29.2 Å². The SMILES string of the molecule is CCOC(=O)C1CC[NH+]([C@H](C)C(=O)Nc2ccc(F)cc2Cl)CC1. The molecule has 132 valence electrons. The maximum absolute atomic E-state index is 13.1. The molecule has 0 radical (unpaired) electrons. The number of likely N-dealkylation sites (tertiary alicyclic amines) is 1. The fraction of sp³-hybridized carbons (Fsp3) is 0.529. The monoisotopic (exact) mass is 357 g/mol. The van der Waals surface area contributed by atoms with E-state index in [2.05, 4.69) is 5.32 Å². The van der Waals surface area contributed by atoms with Gasteiger partial charge in [-0.1, -0.05) is 11.6 Å². The highest BCUT2D eigenvalue weighted by atomic mass is 35.5. The summed E-state index contributed by atoms with van der Waals surface area (Å²) in [5, 5.41) is 2.91. The molecule has 1 aliphatic rings. The van der Waals surface area contributed by atoms with E-state index >= 15 is 0 Å². The first-order valence-corrected chi connectivity index (χ1v) is 8.57. The summed E-state index contributed by atoms with van der Waals surface area (Å²) >= 11 is 5.93. The summed E-state index contributed by atoms with van der Waals surface area (Å²) in [5.41, 5.74) is 0.399. The lowest BCUT2D eigenvalue weighted by Gasteiger charge is -2.31. The molecule has 1 fully saturated rings. The summed E-state index contributed by atoms with van der Waals surface area (Å²) in [5.74, 6) is -0.840. The number of hydrogen-bond donors (Lipinski definition) is 2. The molecule has 1 aromatic rings. The highest BCUT2D eigenvalue weighted by molar-refractivity contribution is 6.33. The molecule has 1 amide bonds. The van der Waals surface area contributed by atoms with Crippen molar-refractivity contribution in [2.75, 3.05) is 25.0 Å². The first-order valence-electron chi connectivity index (χ1n) is 8.19. The number of quaternary nitrogens is 1. The van der Waals surface area contributed by atoms with E-state index in [1.54, 1.807) is 6.92 Å². The van der Waals surface area contributed by atoms with Crippen LogP contribution in [0.3, 0.4) is 0 Å². The number of nitrogens with one attached hydrogen (secondary N) is 2. The molecule has 1 saturated heterocycles. The van der Waals surface area contributed by atoms with Gasteiger partial charge in [0.2, 0.25) is 0 Å². The van der Waals surface area contributed by atoms with Crippen LogP contribution in [0.2, 0.25) is 5.02 Å². The number of hydrogen-bond acceptors (Lipinski definition) is 3. The first-order chi connectivity index (χ1) is 11.4. The van der Waals surface area contributed by atoms with E-state index in [9.17, 15) is 14.0 Å². The molecular weight excluding hydrogens is 335 g/mol. The Hall–Kier alpha value is -1.66. The maximum atomic E-state index is 13.1. The zero-order valence-electron chi connectivity index (χ0n) is 13.9. The minimum atomic E-state index is -0.447. The second-order valence-corrected chi connectivity index (χ2v) is 6.43. The number of benzene rings is 1. The maximum Gasteiger partial charge on any atom is 0.309 e. The van der Waals surface area contributed by atoms with E-state index in [0.717, 1.165) is 18.0 Å². The van der Waals surface area contributed by atoms with Gasteiger partial charge in [0.15, 0.2) is 6.04 Å². The van der Waals surface area contributed by atoms with Gasteiger partial charge in [-0.2, -0.15) is 0 Å². The van der Waals surface area contributed by atoms with Gasteiger partial charge in [0, 0.05) is 12.8 Å². The fourth-order valence-electron chi connectivity index (χ4n) is 2.93. The normalized spacial score (nSPS) is 21.8. The number of piperidine rings is 1. The summed E-state index contributed by atoms with van der Waals surface area (Å²) in [6.45, 7) is 5.49. The molecule has 1 heterocycles. The Morgan fingerprint density at radius 3 is 2.67 bits per heavy atom. The number of carbonyl (C=O) groups is 2. The lowest BCUT2D eigenvalue weighted by molar-refractivity contribution is -0.919. The van der Waals surface area contributed by atoms with Gasteiger partial charge < -0.3 is 15.0 Å². The van der Waals surface area contributed by atoms with E-state index in [0.29, 0.717) is 25.1 Å². The van der Waals surface area contributed by atoms with E-state index < -0.39 is 5.82 Å². The number of halogens is 2. The number of carbonyl (C=O) groups excluding carboxylic acids is 2. The van der Waals surface area contributed by atoms with Crippen molar-refractivity contribution in [1.82, 2.24) is 0 Å². The second-order valence-electron chi connectivity index (χ2n) is 6.02. The van der Waals surface area contributed by atoms with E-state index in [4.69, 9.17) is 16.3 Å². The highest BCUT2D eigenvalue weighted by Gasteiger charge is 2.33. The van der Waals surface area contributed by atoms with Crippen molar-refractivity contribution in [3.63, 3.8) is 0 Å². The standard InChI is InChI=1S/C17H22ClFN2O3/c1-3-24-17(23)12-6-8-21(9-7-12)11(2)16(22)20-15-5-4-13(19)10-14(15)18/h4-5,10-12H,3,6-9H2,1-2H3,(H,20,22)/p+1/t11-/m1/s1. The summed E-state index contributed by atoms with van der Waals surface area (Å²) < 4.78 is 18.1. The molecule has 1 aliphatic heterocycles. The number of rotatable bonds is 5. The zero-order chi connectivity index (χ0) is 17.7. The van der Waals surface area contributed by atoms with Gasteiger partial charge in [-0.25, -0.2) is 4.39 Å². The molecule has 0 bridgehead atoms. The van der Waals surface area contributed by atoms with Crippen molar-refractivity contribution in [2.24, 2.45) is 5.92 Å². The van der Waals surface area contributed by atoms with Crippen molar-refractivity contribution in [3.05, 3.63) is 29.0 Å². The van der Waals surface area contributed by atoms with Crippen molar-refractivity contribution in [1.29, 1.82) is 0 Å². The lowest BCUT2D eigenvalue weighted by atomic mass is 9.96. The predicted molar refractivity (Wildman–Crippen MR) is 89.6 cm³/mol. The molecule has 2 N–H and O–H groups in total. The molecule has 1 aromatic carbocycles. The summed E-state index contributed by atoms with van der Waals surface area (Å²) in [6.07, 6.45) is 1.42. The quantitative estimate of drug-likeness (QED) is 0.788. The molecular formula is C17H23ClFN2O3+. The molecule has 5 nitrogen and oxygen atoms in total. The Morgan fingerprint density at radius 2 is 2.08 bits per heavy atom. The number of anilines is 1. The first kappa shape index (κ1) is 18.7.